The van der Waals surface area contributed by atoms with Gasteiger partial charge in [-0.05, 0) is 54.1 Å². The van der Waals surface area contributed by atoms with Crippen LogP contribution in [-0.2, 0) is 9.59 Å². The van der Waals surface area contributed by atoms with Crippen molar-refractivity contribution in [2.45, 2.75) is 6.04 Å². The van der Waals surface area contributed by atoms with Gasteiger partial charge in [-0.2, -0.15) is 0 Å². The molecule has 1 aliphatic rings. The molecule has 0 spiro atoms. The molecule has 172 valence electrons. The largest absolute Gasteiger partial charge is 0.507 e. The summed E-state index contributed by atoms with van der Waals surface area (Å²) in [4.78, 5) is 40.3. The highest BCUT2D eigenvalue weighted by molar-refractivity contribution is 6.51. The van der Waals surface area contributed by atoms with E-state index in [2.05, 4.69) is 0 Å². The third-order valence-corrected chi connectivity index (χ3v) is 5.86. The van der Waals surface area contributed by atoms with Gasteiger partial charge < -0.3 is 10.0 Å². The maximum atomic E-state index is 13.2. The highest BCUT2D eigenvalue weighted by atomic mass is 35.5. The highest BCUT2D eigenvalue weighted by Gasteiger charge is 2.47. The van der Waals surface area contributed by atoms with Crippen LogP contribution in [0.1, 0.15) is 17.2 Å². The first-order chi connectivity index (χ1) is 16.2. The smallest absolute Gasteiger partial charge is 0.300 e. The van der Waals surface area contributed by atoms with Gasteiger partial charge in [0.05, 0.1) is 16.5 Å². The molecule has 34 heavy (non-hydrogen) atoms. The van der Waals surface area contributed by atoms with Crippen molar-refractivity contribution in [1.29, 1.82) is 0 Å². The summed E-state index contributed by atoms with van der Waals surface area (Å²) in [6.07, 6.45) is 0. The molecular weight excluding hydrogens is 458 g/mol. The second-order valence-corrected chi connectivity index (χ2v) is 8.38. The fourth-order valence-electron chi connectivity index (χ4n) is 3.90. The lowest BCUT2D eigenvalue weighted by Crippen LogP contribution is -2.29. The number of hydrogen-bond acceptors (Lipinski definition) is 6. The van der Waals surface area contributed by atoms with Gasteiger partial charge >= 0.3 is 0 Å². The van der Waals surface area contributed by atoms with Crippen LogP contribution in [0.25, 0.3) is 5.76 Å². The maximum Gasteiger partial charge on any atom is 0.300 e. The molecule has 1 unspecified atom stereocenters. The van der Waals surface area contributed by atoms with Crippen molar-refractivity contribution in [2.24, 2.45) is 0 Å². The van der Waals surface area contributed by atoms with Crippen molar-refractivity contribution in [3.8, 4) is 0 Å². The number of carbonyl (C=O) groups is 2. The zero-order chi connectivity index (χ0) is 24.6. The van der Waals surface area contributed by atoms with Gasteiger partial charge in [0, 0.05) is 48.2 Å². The summed E-state index contributed by atoms with van der Waals surface area (Å²) in [5.74, 6) is -2.12. The van der Waals surface area contributed by atoms with E-state index in [1.54, 1.807) is 42.5 Å². The first kappa shape index (κ1) is 23.0. The molecule has 1 saturated heterocycles. The quantitative estimate of drug-likeness (QED) is 0.183. The van der Waals surface area contributed by atoms with Crippen molar-refractivity contribution >= 4 is 46.1 Å². The Bertz CT molecular complexity index is 1320. The van der Waals surface area contributed by atoms with Crippen LogP contribution >= 0.6 is 11.6 Å². The molecule has 3 aromatic carbocycles. The number of amides is 1. The number of nitrogens with zero attached hydrogens (tertiary/aromatic N) is 3. The Morgan fingerprint density at radius 3 is 2.26 bits per heavy atom. The summed E-state index contributed by atoms with van der Waals surface area (Å²) in [5.41, 5.74) is 1.55. The number of anilines is 2. The zero-order valence-electron chi connectivity index (χ0n) is 18.3. The molecule has 9 heteroatoms. The predicted molar refractivity (Wildman–Crippen MR) is 130 cm³/mol. The second-order valence-electron chi connectivity index (χ2n) is 7.94. The van der Waals surface area contributed by atoms with Gasteiger partial charge in [0.1, 0.15) is 5.76 Å². The normalized spacial score (nSPS) is 17.1. The molecule has 0 bridgehead atoms. The lowest BCUT2D eigenvalue weighted by atomic mass is 9.95. The molecule has 0 radical (unpaired) electrons. The average Bonchev–Trinajstić information content (AvgIpc) is 3.09. The number of nitro groups is 1. The number of aliphatic hydroxyl groups excluding tert-OH is 1. The topological polar surface area (TPSA) is 104 Å². The van der Waals surface area contributed by atoms with Crippen LogP contribution in [0, 0.1) is 10.1 Å². The summed E-state index contributed by atoms with van der Waals surface area (Å²) in [6.45, 7) is 0. The second kappa shape index (κ2) is 8.99. The monoisotopic (exact) mass is 477 g/mol. The molecule has 1 atom stereocenters. The molecule has 3 aromatic rings. The number of rotatable bonds is 5. The lowest BCUT2D eigenvalue weighted by molar-refractivity contribution is -0.384. The van der Waals surface area contributed by atoms with Crippen LogP contribution in [0.15, 0.2) is 78.4 Å². The Kier molecular flexibility index (Phi) is 6.08. The number of hydrogen-bond donors (Lipinski definition) is 1. The highest BCUT2D eigenvalue weighted by Crippen LogP contribution is 2.43. The number of non-ortho nitro benzene ring substituents is 1. The Labute approximate surface area is 200 Å². The van der Waals surface area contributed by atoms with E-state index in [0.29, 0.717) is 21.8 Å². The predicted octanol–water partition coefficient (Wildman–Crippen LogP) is 4.94. The Hall–Kier alpha value is -4.17. The molecule has 0 saturated carbocycles. The molecule has 1 amide bonds. The van der Waals surface area contributed by atoms with Crippen molar-refractivity contribution in [3.63, 3.8) is 0 Å². The van der Waals surface area contributed by atoms with Crippen LogP contribution < -0.4 is 9.80 Å². The van der Waals surface area contributed by atoms with Crippen LogP contribution in [0.5, 0.6) is 0 Å². The fourth-order valence-corrected chi connectivity index (χ4v) is 4.02. The lowest BCUT2D eigenvalue weighted by Gasteiger charge is -2.26. The summed E-state index contributed by atoms with van der Waals surface area (Å²) >= 11 is 5.94. The van der Waals surface area contributed by atoms with Gasteiger partial charge in [0.25, 0.3) is 17.4 Å². The van der Waals surface area contributed by atoms with Gasteiger partial charge in [-0.25, -0.2) is 0 Å². The van der Waals surface area contributed by atoms with Gasteiger partial charge in [0.2, 0.25) is 0 Å². The molecule has 4 rings (SSSR count). The molecule has 1 N–H and O–H groups in total. The van der Waals surface area contributed by atoms with E-state index in [4.69, 9.17) is 11.6 Å². The Morgan fingerprint density at radius 1 is 1.03 bits per heavy atom. The molecule has 0 aliphatic carbocycles. The first-order valence-corrected chi connectivity index (χ1v) is 10.7. The number of ketones is 1. The van der Waals surface area contributed by atoms with Crippen LogP contribution in [-0.4, -0.2) is 35.8 Å². The maximum absolute atomic E-state index is 13.2. The number of nitro benzene ring substituents is 1. The van der Waals surface area contributed by atoms with Gasteiger partial charge in [0.15, 0.2) is 0 Å². The Morgan fingerprint density at radius 2 is 1.68 bits per heavy atom. The van der Waals surface area contributed by atoms with Crippen LogP contribution in [0.4, 0.5) is 17.1 Å². The van der Waals surface area contributed by atoms with E-state index >= 15 is 0 Å². The third kappa shape index (κ3) is 4.11. The summed E-state index contributed by atoms with van der Waals surface area (Å²) in [6, 6.07) is 17.7. The molecule has 1 heterocycles. The van der Waals surface area contributed by atoms with Crippen molar-refractivity contribution in [1.82, 2.24) is 0 Å². The standard InChI is InChI=1S/C25H20ClN3O5/c1-27(2)18-10-12-19(13-11-18)28-22(16-4-3-5-20(14-16)29(33)34)21(24(31)25(28)32)23(30)15-6-8-17(26)9-7-15/h3-14,22,30H,1-2H3. The molecule has 1 fully saturated rings. The van der Waals surface area contributed by atoms with Crippen LogP contribution in [0.3, 0.4) is 0 Å². The molecule has 0 aromatic heterocycles. The number of halogens is 1. The zero-order valence-corrected chi connectivity index (χ0v) is 19.1. The molecular formula is C25H20ClN3O5. The number of aliphatic hydroxyl groups is 1. The van der Waals surface area contributed by atoms with Crippen molar-refractivity contribution in [2.75, 3.05) is 23.9 Å². The third-order valence-electron chi connectivity index (χ3n) is 5.60. The van der Waals surface area contributed by atoms with E-state index < -0.39 is 22.7 Å². The fraction of sp³-hybridized carbons (Fsp3) is 0.120. The molecule has 1 aliphatic heterocycles. The summed E-state index contributed by atoms with van der Waals surface area (Å²) in [7, 11) is 3.74. The first-order valence-electron chi connectivity index (χ1n) is 10.3. The minimum absolute atomic E-state index is 0.162. The van der Waals surface area contributed by atoms with Gasteiger partial charge in [-0.3, -0.25) is 24.6 Å². The van der Waals surface area contributed by atoms with E-state index in [9.17, 15) is 24.8 Å². The summed E-state index contributed by atoms with van der Waals surface area (Å²) in [5, 5.41) is 22.9. The molecule has 8 nitrogen and oxygen atoms in total. The van der Waals surface area contributed by atoms with Gasteiger partial charge in [-0.1, -0.05) is 23.7 Å². The van der Waals surface area contributed by atoms with E-state index in [-0.39, 0.29) is 17.0 Å². The van der Waals surface area contributed by atoms with Crippen molar-refractivity contribution in [3.05, 3.63) is 105 Å². The summed E-state index contributed by atoms with van der Waals surface area (Å²) < 4.78 is 0. The number of benzene rings is 3. The minimum atomic E-state index is -1.07. The van der Waals surface area contributed by atoms with E-state index in [1.165, 1.54) is 35.2 Å². The Balaban J connectivity index is 1.93. The van der Waals surface area contributed by atoms with E-state index in [0.717, 1.165) is 5.69 Å². The number of Topliss-reactive ketones (excluding diaryl/α,β-unsaturated/α-hetero) is 1. The minimum Gasteiger partial charge on any atom is -0.507 e. The average molecular weight is 478 g/mol. The number of carbonyl (C=O) groups excluding carboxylic acids is 2. The van der Waals surface area contributed by atoms with Crippen LogP contribution in [0.2, 0.25) is 5.02 Å². The van der Waals surface area contributed by atoms with Gasteiger partial charge in [-0.15, -0.1) is 0 Å². The van der Waals surface area contributed by atoms with E-state index in [1.807, 2.05) is 19.0 Å². The van der Waals surface area contributed by atoms with Crippen molar-refractivity contribution < 1.29 is 19.6 Å². The SMILES string of the molecule is CN(C)c1ccc(N2C(=O)C(=O)C(=C(O)c3ccc(Cl)cc3)C2c2cccc([N+](=O)[O-])c2)cc1.